The topological polar surface area (TPSA) is 72.5 Å². The Balaban J connectivity index is 1.65. The molecule has 0 spiro atoms. The second-order valence-electron chi connectivity index (χ2n) is 5.01. The molecular formula is C15H23N3O3. The van der Waals surface area contributed by atoms with Gasteiger partial charge in [0.25, 0.3) is 5.91 Å². The molecule has 2 heterocycles. The van der Waals surface area contributed by atoms with E-state index in [4.69, 9.17) is 9.47 Å². The summed E-state index contributed by atoms with van der Waals surface area (Å²) in [6, 6.07) is 1.65. The lowest BCUT2D eigenvalue weighted by molar-refractivity contribution is 0.0318. The van der Waals surface area contributed by atoms with E-state index in [1.165, 1.54) is 13.3 Å². The van der Waals surface area contributed by atoms with Crippen LogP contribution in [-0.4, -0.2) is 50.3 Å². The number of carbonyl (C=O) groups excluding carboxylic acids is 1. The summed E-state index contributed by atoms with van der Waals surface area (Å²) in [4.78, 5) is 16.0. The summed E-state index contributed by atoms with van der Waals surface area (Å²) in [5, 5.41) is 6.18. The summed E-state index contributed by atoms with van der Waals surface area (Å²) in [5.74, 6) is 0.345. The van der Waals surface area contributed by atoms with Crippen LogP contribution in [0, 0.1) is 0 Å². The van der Waals surface area contributed by atoms with E-state index in [2.05, 4.69) is 15.6 Å². The first-order valence-electron chi connectivity index (χ1n) is 7.40. The monoisotopic (exact) mass is 293 g/mol. The van der Waals surface area contributed by atoms with Crippen molar-refractivity contribution in [3.8, 4) is 5.75 Å². The molecule has 0 unspecified atom stereocenters. The third-order valence-electron chi connectivity index (χ3n) is 3.50. The summed E-state index contributed by atoms with van der Waals surface area (Å²) in [6.45, 7) is 3.33. The van der Waals surface area contributed by atoms with Crippen LogP contribution in [0.25, 0.3) is 0 Å². The lowest BCUT2D eigenvalue weighted by atomic mass is 10.1. The molecule has 1 amide bonds. The van der Waals surface area contributed by atoms with E-state index in [0.717, 1.165) is 32.4 Å². The van der Waals surface area contributed by atoms with Crippen LogP contribution < -0.4 is 15.4 Å². The highest BCUT2D eigenvalue weighted by molar-refractivity contribution is 5.96. The van der Waals surface area contributed by atoms with E-state index in [-0.39, 0.29) is 5.91 Å². The van der Waals surface area contributed by atoms with Crippen LogP contribution >= 0.6 is 0 Å². The zero-order chi connectivity index (χ0) is 14.9. The number of rotatable bonds is 7. The lowest BCUT2D eigenvalue weighted by Crippen LogP contribution is -2.33. The van der Waals surface area contributed by atoms with Crippen LogP contribution in [0.4, 0.5) is 0 Å². The molecule has 0 atom stereocenters. The molecule has 0 aliphatic carbocycles. The summed E-state index contributed by atoms with van der Waals surface area (Å²) < 4.78 is 10.9. The number of pyridine rings is 1. The predicted octanol–water partition coefficient (Wildman–Crippen LogP) is 0.979. The van der Waals surface area contributed by atoms with Gasteiger partial charge in [0.15, 0.2) is 0 Å². The fourth-order valence-electron chi connectivity index (χ4n) is 2.31. The first kappa shape index (κ1) is 15.7. The molecule has 0 aromatic carbocycles. The minimum Gasteiger partial charge on any atom is -0.494 e. The van der Waals surface area contributed by atoms with Gasteiger partial charge in [-0.25, -0.2) is 0 Å². The smallest absolute Gasteiger partial charge is 0.255 e. The maximum atomic E-state index is 12.0. The summed E-state index contributed by atoms with van der Waals surface area (Å²) in [6.07, 6.45) is 6.43. The maximum absolute atomic E-state index is 12.0. The molecule has 1 saturated heterocycles. The van der Waals surface area contributed by atoms with Crippen molar-refractivity contribution >= 4 is 5.91 Å². The van der Waals surface area contributed by atoms with Gasteiger partial charge in [0.1, 0.15) is 5.75 Å². The van der Waals surface area contributed by atoms with Crippen molar-refractivity contribution in [2.75, 3.05) is 33.4 Å². The molecule has 2 N–H and O–H groups in total. The molecular weight excluding hydrogens is 270 g/mol. The number of ether oxygens (including phenoxy) is 2. The van der Waals surface area contributed by atoms with Crippen LogP contribution in [0.15, 0.2) is 18.5 Å². The van der Waals surface area contributed by atoms with E-state index in [0.29, 0.717) is 30.6 Å². The number of methoxy groups -OCH3 is 1. The van der Waals surface area contributed by atoms with Gasteiger partial charge in [-0.1, -0.05) is 0 Å². The van der Waals surface area contributed by atoms with Gasteiger partial charge in [-0.3, -0.25) is 9.78 Å². The van der Waals surface area contributed by atoms with Crippen molar-refractivity contribution in [2.24, 2.45) is 0 Å². The number of aromatic nitrogens is 1. The van der Waals surface area contributed by atoms with Crippen molar-refractivity contribution in [1.29, 1.82) is 0 Å². The molecule has 21 heavy (non-hydrogen) atoms. The fraction of sp³-hybridized carbons (Fsp3) is 0.600. The van der Waals surface area contributed by atoms with Gasteiger partial charge in [0, 0.05) is 19.3 Å². The molecule has 0 radical (unpaired) electrons. The number of hydrogen-bond donors (Lipinski definition) is 2. The van der Waals surface area contributed by atoms with Crippen molar-refractivity contribution in [1.82, 2.24) is 15.6 Å². The molecule has 116 valence electrons. The Bertz CT molecular complexity index is 448. The Morgan fingerprint density at radius 3 is 3.05 bits per heavy atom. The highest BCUT2D eigenvalue weighted by Crippen LogP contribution is 2.15. The second kappa shape index (κ2) is 8.59. The van der Waals surface area contributed by atoms with E-state index in [1.807, 2.05) is 0 Å². The molecule has 1 fully saturated rings. The van der Waals surface area contributed by atoms with Crippen molar-refractivity contribution < 1.29 is 14.3 Å². The maximum Gasteiger partial charge on any atom is 0.255 e. The summed E-state index contributed by atoms with van der Waals surface area (Å²) in [7, 11) is 1.53. The van der Waals surface area contributed by atoms with Gasteiger partial charge >= 0.3 is 0 Å². The fourth-order valence-corrected chi connectivity index (χ4v) is 2.31. The van der Waals surface area contributed by atoms with E-state index in [1.54, 1.807) is 12.3 Å². The average molecular weight is 293 g/mol. The molecule has 1 aromatic rings. The molecule has 0 bridgehead atoms. The third kappa shape index (κ3) is 4.99. The van der Waals surface area contributed by atoms with Crippen molar-refractivity contribution in [2.45, 2.75) is 25.4 Å². The number of amides is 1. The van der Waals surface area contributed by atoms with Gasteiger partial charge in [-0.2, -0.15) is 0 Å². The molecule has 1 aliphatic heterocycles. The van der Waals surface area contributed by atoms with Gasteiger partial charge in [0.2, 0.25) is 0 Å². The van der Waals surface area contributed by atoms with Crippen LogP contribution in [0.1, 0.15) is 29.6 Å². The molecule has 1 aliphatic rings. The van der Waals surface area contributed by atoms with E-state index in [9.17, 15) is 4.79 Å². The zero-order valence-electron chi connectivity index (χ0n) is 12.4. The number of piperidine rings is 1. The second-order valence-corrected chi connectivity index (χ2v) is 5.01. The van der Waals surface area contributed by atoms with Crippen molar-refractivity contribution in [3.63, 3.8) is 0 Å². The zero-order valence-corrected chi connectivity index (χ0v) is 12.4. The summed E-state index contributed by atoms with van der Waals surface area (Å²) in [5.41, 5.74) is 0.506. The van der Waals surface area contributed by atoms with Gasteiger partial charge in [-0.05, 0) is 38.4 Å². The van der Waals surface area contributed by atoms with Crippen LogP contribution in [-0.2, 0) is 4.74 Å². The molecule has 6 nitrogen and oxygen atoms in total. The van der Waals surface area contributed by atoms with Crippen LogP contribution in [0.3, 0.4) is 0 Å². The number of nitrogens with one attached hydrogen (secondary N) is 2. The predicted molar refractivity (Wildman–Crippen MR) is 79.6 cm³/mol. The quantitative estimate of drug-likeness (QED) is 0.733. The average Bonchev–Trinajstić information content (AvgIpc) is 2.55. The normalized spacial score (nSPS) is 15.7. The Kier molecular flexibility index (Phi) is 6.43. The first-order valence-corrected chi connectivity index (χ1v) is 7.40. The number of carbonyl (C=O) groups is 1. The SMILES string of the molecule is COc1cnccc1C(=O)NCCCOC1CCNCC1. The minimum atomic E-state index is -0.142. The van der Waals surface area contributed by atoms with E-state index >= 15 is 0 Å². The Morgan fingerprint density at radius 1 is 1.48 bits per heavy atom. The van der Waals surface area contributed by atoms with Crippen LogP contribution in [0.2, 0.25) is 0 Å². The van der Waals surface area contributed by atoms with Crippen molar-refractivity contribution in [3.05, 3.63) is 24.0 Å². The molecule has 6 heteroatoms. The standard InChI is InChI=1S/C15H23N3O3/c1-20-14-11-17-9-5-13(14)15(19)18-6-2-10-21-12-3-7-16-8-4-12/h5,9,11-12,16H,2-4,6-8,10H2,1H3,(H,18,19). The Hall–Kier alpha value is -1.66. The minimum absolute atomic E-state index is 0.142. The van der Waals surface area contributed by atoms with Gasteiger partial charge < -0.3 is 20.1 Å². The van der Waals surface area contributed by atoms with Gasteiger partial charge in [0.05, 0.1) is 25.0 Å². The van der Waals surface area contributed by atoms with Crippen LogP contribution in [0.5, 0.6) is 5.75 Å². The number of hydrogen-bond acceptors (Lipinski definition) is 5. The van der Waals surface area contributed by atoms with E-state index < -0.39 is 0 Å². The molecule has 0 saturated carbocycles. The molecule has 1 aromatic heterocycles. The summed E-state index contributed by atoms with van der Waals surface area (Å²) >= 11 is 0. The van der Waals surface area contributed by atoms with Gasteiger partial charge in [-0.15, -0.1) is 0 Å². The third-order valence-corrected chi connectivity index (χ3v) is 3.50. The highest BCUT2D eigenvalue weighted by Gasteiger charge is 2.13. The first-order chi connectivity index (χ1) is 10.3. The largest absolute Gasteiger partial charge is 0.494 e. The Labute approximate surface area is 125 Å². The highest BCUT2D eigenvalue weighted by atomic mass is 16.5. The number of nitrogens with zero attached hydrogens (tertiary/aromatic N) is 1. The molecule has 2 rings (SSSR count). The lowest BCUT2D eigenvalue weighted by Gasteiger charge is -2.22. The Morgan fingerprint density at radius 2 is 2.29 bits per heavy atom.